The number of methoxy groups -OCH3 is 1. The van der Waals surface area contributed by atoms with E-state index in [-0.39, 0.29) is 18.6 Å². The summed E-state index contributed by atoms with van der Waals surface area (Å²) in [6, 6.07) is 12.1. The number of rotatable bonds is 8. The second-order valence-electron chi connectivity index (χ2n) is 8.87. The van der Waals surface area contributed by atoms with Gasteiger partial charge in [-0.05, 0) is 46.3 Å². The van der Waals surface area contributed by atoms with Gasteiger partial charge in [-0.25, -0.2) is 19.7 Å². The van der Waals surface area contributed by atoms with Gasteiger partial charge in [0, 0.05) is 44.0 Å². The number of aromatic nitrogens is 5. The number of nitrogens with one attached hydrogen (secondary N) is 1. The van der Waals surface area contributed by atoms with E-state index in [1.807, 2.05) is 36.4 Å². The summed E-state index contributed by atoms with van der Waals surface area (Å²) >= 11 is 3.57. The van der Waals surface area contributed by atoms with Crippen molar-refractivity contribution >= 4 is 33.5 Å². The molecule has 1 atom stereocenters. The molecule has 1 aromatic carbocycles. The monoisotopic (exact) mass is 565 g/mol. The standard InChI is InChI=1S/C26H28BrN7O3/c1-36-25-29-13-19(14-30-25)9-10-28-23-12-22(32-24-21(27)15-31-34(23)24)20-8-5-11-33(16-20)26(35)37-17-18-6-3-2-4-7-18/h2-4,6-7,12-15,20,28H,5,8-11,16-17H2,1H3. The maximum atomic E-state index is 12.8. The van der Waals surface area contributed by atoms with Gasteiger partial charge in [-0.15, -0.1) is 0 Å². The van der Waals surface area contributed by atoms with Crippen LogP contribution in [0, 0.1) is 0 Å². The molecular formula is C26H28BrN7O3. The Balaban J connectivity index is 1.27. The number of likely N-dealkylation sites (tertiary alicyclic amines) is 1. The first-order chi connectivity index (χ1) is 18.1. The molecule has 37 heavy (non-hydrogen) atoms. The maximum absolute atomic E-state index is 12.8. The van der Waals surface area contributed by atoms with Crippen molar-refractivity contribution in [2.75, 3.05) is 32.1 Å². The summed E-state index contributed by atoms with van der Waals surface area (Å²) in [5.41, 5.74) is 3.62. The quantitative estimate of drug-likeness (QED) is 0.333. The van der Waals surface area contributed by atoms with Crippen molar-refractivity contribution in [3.8, 4) is 6.01 Å². The first kappa shape index (κ1) is 24.9. The number of carbonyl (C=O) groups excluding carboxylic acids is 1. The van der Waals surface area contributed by atoms with Crippen LogP contribution in [0.3, 0.4) is 0 Å². The van der Waals surface area contributed by atoms with Crippen molar-refractivity contribution in [2.24, 2.45) is 0 Å². The summed E-state index contributed by atoms with van der Waals surface area (Å²) in [4.78, 5) is 27.8. The molecule has 1 aliphatic heterocycles. The fourth-order valence-corrected chi connectivity index (χ4v) is 4.75. The molecule has 1 saturated heterocycles. The second-order valence-corrected chi connectivity index (χ2v) is 9.73. The van der Waals surface area contributed by atoms with Crippen LogP contribution in [0.5, 0.6) is 6.01 Å². The second kappa shape index (κ2) is 11.5. The molecule has 4 heterocycles. The van der Waals surface area contributed by atoms with Crippen LogP contribution in [0.15, 0.2) is 59.5 Å². The maximum Gasteiger partial charge on any atom is 0.410 e. The van der Waals surface area contributed by atoms with Crippen molar-refractivity contribution in [1.29, 1.82) is 0 Å². The van der Waals surface area contributed by atoms with E-state index in [4.69, 9.17) is 14.5 Å². The van der Waals surface area contributed by atoms with E-state index in [2.05, 4.69) is 36.3 Å². The first-order valence-corrected chi connectivity index (χ1v) is 13.0. The van der Waals surface area contributed by atoms with Crippen molar-refractivity contribution in [1.82, 2.24) is 29.5 Å². The number of hydrogen-bond donors (Lipinski definition) is 1. The van der Waals surface area contributed by atoms with Gasteiger partial charge in [0.25, 0.3) is 0 Å². The molecule has 4 aromatic rings. The molecule has 0 radical (unpaired) electrons. The minimum absolute atomic E-state index is 0.0976. The van der Waals surface area contributed by atoms with E-state index >= 15 is 0 Å². The van der Waals surface area contributed by atoms with Crippen molar-refractivity contribution in [3.63, 3.8) is 0 Å². The fraction of sp³-hybridized carbons (Fsp3) is 0.346. The lowest BCUT2D eigenvalue weighted by atomic mass is 9.94. The third-order valence-corrected chi connectivity index (χ3v) is 6.89. The number of nitrogens with zero attached hydrogens (tertiary/aromatic N) is 6. The average Bonchev–Trinajstić information content (AvgIpc) is 3.33. The SMILES string of the molecule is COc1ncc(CCNc2cc(C3CCCN(C(=O)OCc4ccccc4)C3)nc3c(Br)cnn23)cn1. The van der Waals surface area contributed by atoms with E-state index in [1.165, 1.54) is 0 Å². The molecule has 192 valence electrons. The Bertz CT molecular complexity index is 1350. The largest absolute Gasteiger partial charge is 0.467 e. The predicted molar refractivity (Wildman–Crippen MR) is 142 cm³/mol. The van der Waals surface area contributed by atoms with Crippen LogP contribution in [-0.2, 0) is 17.8 Å². The van der Waals surface area contributed by atoms with Crippen molar-refractivity contribution in [2.45, 2.75) is 31.8 Å². The molecule has 1 amide bonds. The third kappa shape index (κ3) is 5.99. The van der Waals surface area contributed by atoms with Crippen LogP contribution in [0.4, 0.5) is 10.6 Å². The highest BCUT2D eigenvalue weighted by molar-refractivity contribution is 9.10. The summed E-state index contributed by atoms with van der Waals surface area (Å²) in [7, 11) is 1.55. The predicted octanol–water partition coefficient (Wildman–Crippen LogP) is 4.46. The number of fused-ring (bicyclic) bond motifs is 1. The summed E-state index contributed by atoms with van der Waals surface area (Å²) in [5.74, 6) is 0.935. The number of benzene rings is 1. The Morgan fingerprint density at radius 3 is 2.76 bits per heavy atom. The zero-order chi connectivity index (χ0) is 25.6. The molecule has 10 nitrogen and oxygen atoms in total. The Morgan fingerprint density at radius 2 is 1.97 bits per heavy atom. The number of hydrogen-bond acceptors (Lipinski definition) is 8. The summed E-state index contributed by atoms with van der Waals surface area (Å²) < 4.78 is 13.2. The van der Waals surface area contributed by atoms with E-state index in [1.54, 1.807) is 35.1 Å². The van der Waals surface area contributed by atoms with Gasteiger partial charge < -0.3 is 19.7 Å². The summed E-state index contributed by atoms with van der Waals surface area (Å²) in [6.07, 6.45) is 7.54. The van der Waals surface area contributed by atoms with Gasteiger partial charge in [-0.3, -0.25) is 0 Å². The molecule has 5 rings (SSSR count). The molecule has 11 heteroatoms. The van der Waals surface area contributed by atoms with E-state index in [0.29, 0.717) is 25.6 Å². The molecule has 1 fully saturated rings. The minimum Gasteiger partial charge on any atom is -0.467 e. The zero-order valence-corrected chi connectivity index (χ0v) is 22.1. The van der Waals surface area contributed by atoms with Gasteiger partial charge in [0.15, 0.2) is 5.65 Å². The molecule has 1 aliphatic rings. The van der Waals surface area contributed by atoms with Crippen LogP contribution < -0.4 is 10.1 Å². The van der Waals surface area contributed by atoms with Crippen LogP contribution in [0.25, 0.3) is 5.65 Å². The van der Waals surface area contributed by atoms with Gasteiger partial charge in [0.05, 0.1) is 23.5 Å². The van der Waals surface area contributed by atoms with Crippen LogP contribution in [0.1, 0.15) is 35.6 Å². The normalized spacial score (nSPS) is 15.5. The number of carbonyl (C=O) groups is 1. The topological polar surface area (TPSA) is 107 Å². The molecule has 3 aromatic heterocycles. The summed E-state index contributed by atoms with van der Waals surface area (Å²) in [5, 5.41) is 7.95. The van der Waals surface area contributed by atoms with E-state index in [0.717, 1.165) is 52.0 Å². The molecule has 1 N–H and O–H groups in total. The Hall–Kier alpha value is -3.73. The van der Waals surface area contributed by atoms with E-state index < -0.39 is 0 Å². The fourth-order valence-electron chi connectivity index (χ4n) is 4.40. The lowest BCUT2D eigenvalue weighted by molar-refractivity contribution is 0.0856. The highest BCUT2D eigenvalue weighted by Gasteiger charge is 2.27. The Kier molecular flexibility index (Phi) is 7.79. The highest BCUT2D eigenvalue weighted by Crippen LogP contribution is 2.30. The smallest absolute Gasteiger partial charge is 0.410 e. The third-order valence-electron chi connectivity index (χ3n) is 6.34. The van der Waals surface area contributed by atoms with Crippen LogP contribution in [-0.4, -0.2) is 62.3 Å². The van der Waals surface area contributed by atoms with Gasteiger partial charge in [0.2, 0.25) is 0 Å². The molecule has 0 bridgehead atoms. The molecule has 0 saturated carbocycles. The van der Waals surface area contributed by atoms with Gasteiger partial charge >= 0.3 is 12.1 Å². The van der Waals surface area contributed by atoms with E-state index in [9.17, 15) is 4.79 Å². The van der Waals surface area contributed by atoms with Gasteiger partial charge in [-0.1, -0.05) is 30.3 Å². The van der Waals surface area contributed by atoms with Crippen LogP contribution in [0.2, 0.25) is 0 Å². The molecule has 0 aliphatic carbocycles. The van der Waals surface area contributed by atoms with Gasteiger partial charge in [-0.2, -0.15) is 9.61 Å². The Morgan fingerprint density at radius 1 is 1.16 bits per heavy atom. The van der Waals surface area contributed by atoms with Crippen LogP contribution >= 0.6 is 15.9 Å². The number of anilines is 1. The Labute approximate surface area is 223 Å². The van der Waals surface area contributed by atoms with Crippen molar-refractivity contribution in [3.05, 3.63) is 76.3 Å². The summed E-state index contributed by atoms with van der Waals surface area (Å²) in [6.45, 7) is 2.17. The van der Waals surface area contributed by atoms with Gasteiger partial charge in [0.1, 0.15) is 12.4 Å². The average molecular weight is 566 g/mol. The number of amides is 1. The zero-order valence-electron chi connectivity index (χ0n) is 20.5. The lowest BCUT2D eigenvalue weighted by Gasteiger charge is -2.32. The molecular weight excluding hydrogens is 538 g/mol. The number of piperidine rings is 1. The minimum atomic E-state index is -0.291. The molecule has 1 unspecified atom stereocenters. The lowest BCUT2D eigenvalue weighted by Crippen LogP contribution is -2.39. The number of ether oxygens (including phenoxy) is 2. The molecule has 0 spiro atoms. The number of halogens is 1. The van der Waals surface area contributed by atoms with Crippen molar-refractivity contribution < 1.29 is 14.3 Å². The highest BCUT2D eigenvalue weighted by atomic mass is 79.9. The first-order valence-electron chi connectivity index (χ1n) is 12.2.